The van der Waals surface area contributed by atoms with Crippen molar-refractivity contribution in [2.24, 2.45) is 28.6 Å². The number of amides is 1. The lowest BCUT2D eigenvalue weighted by Crippen LogP contribution is -2.57. The van der Waals surface area contributed by atoms with E-state index in [0.29, 0.717) is 23.8 Å². The van der Waals surface area contributed by atoms with Crippen LogP contribution in [0.1, 0.15) is 86.0 Å². The van der Waals surface area contributed by atoms with Crippen LogP contribution >= 0.6 is 0 Å². The number of hydrogen-bond acceptors (Lipinski definition) is 4. The number of fused-ring (bicyclic) bond motifs is 5. The fourth-order valence-corrected chi connectivity index (χ4v) is 7.86. The fourth-order valence-electron chi connectivity index (χ4n) is 7.86. The molecule has 0 aliphatic heterocycles. The summed E-state index contributed by atoms with van der Waals surface area (Å²) in [4.78, 5) is 38.0. The van der Waals surface area contributed by atoms with Gasteiger partial charge < -0.3 is 10.1 Å². The Kier molecular flexibility index (Phi) is 5.92. The molecule has 0 aromatic rings. The summed E-state index contributed by atoms with van der Waals surface area (Å²) in [5, 5.41) is 3.03. The first-order chi connectivity index (χ1) is 15.1. The van der Waals surface area contributed by atoms with E-state index in [2.05, 4.69) is 33.0 Å². The highest BCUT2D eigenvalue weighted by atomic mass is 16.6. The Morgan fingerprint density at radius 2 is 1.91 bits per heavy atom. The summed E-state index contributed by atoms with van der Waals surface area (Å²) in [6.07, 6.45) is 11.9. The van der Waals surface area contributed by atoms with Gasteiger partial charge in [0.05, 0.1) is 0 Å². The van der Waals surface area contributed by atoms with Crippen molar-refractivity contribution in [1.29, 1.82) is 0 Å². The molecule has 4 aliphatic rings. The highest BCUT2D eigenvalue weighted by Crippen LogP contribution is 2.67. The lowest BCUT2D eigenvalue weighted by molar-refractivity contribution is -0.139. The van der Waals surface area contributed by atoms with E-state index in [4.69, 9.17) is 4.74 Å². The summed E-state index contributed by atoms with van der Waals surface area (Å²) in [5.74, 6) is 1.000. The minimum Gasteiger partial charge on any atom is -0.442 e. The van der Waals surface area contributed by atoms with Gasteiger partial charge in [0.1, 0.15) is 5.60 Å². The second-order valence-electron chi connectivity index (χ2n) is 11.1. The largest absolute Gasteiger partial charge is 0.442 e. The molecule has 5 heteroatoms. The zero-order valence-corrected chi connectivity index (χ0v) is 20.3. The summed E-state index contributed by atoms with van der Waals surface area (Å²) < 4.78 is 6.29. The van der Waals surface area contributed by atoms with Gasteiger partial charge in [-0.25, -0.2) is 4.79 Å². The number of hydrogen-bond donors (Lipinski definition) is 1. The number of carbonyl (C=O) groups is 3. The topological polar surface area (TPSA) is 72.5 Å². The summed E-state index contributed by atoms with van der Waals surface area (Å²) in [6, 6.07) is 0.101. The van der Waals surface area contributed by atoms with Crippen LogP contribution < -0.4 is 5.32 Å². The normalized spacial score (nSPS) is 41.3. The van der Waals surface area contributed by atoms with Gasteiger partial charge in [-0.3, -0.25) is 9.59 Å². The summed E-state index contributed by atoms with van der Waals surface area (Å²) in [5.41, 5.74) is -0.284. The molecule has 1 N–H and O–H groups in total. The molecule has 3 fully saturated rings. The number of alkyl carbamates (subject to hydrolysis) is 1. The van der Waals surface area contributed by atoms with Crippen molar-refractivity contribution in [1.82, 2.24) is 5.32 Å². The molecule has 0 heterocycles. The van der Waals surface area contributed by atoms with Gasteiger partial charge in [-0.15, -0.1) is 0 Å². The highest BCUT2D eigenvalue weighted by molar-refractivity contribution is 6.10. The SMILES string of the molecule is CCCC(C)NC(=O)O[C@@]1(CC)CCC2C3CC(=O)C4=CC(=O)C=C[C@]4(C)C3CC[C@@]21C. The maximum Gasteiger partial charge on any atom is 0.407 e. The molecule has 4 aliphatic carbocycles. The van der Waals surface area contributed by atoms with Crippen molar-refractivity contribution >= 4 is 17.7 Å². The van der Waals surface area contributed by atoms with Crippen LogP contribution in [-0.2, 0) is 14.3 Å². The summed E-state index contributed by atoms with van der Waals surface area (Å²) >= 11 is 0. The Bertz CT molecular complexity index is 875. The molecule has 0 aromatic heterocycles. The van der Waals surface area contributed by atoms with E-state index in [-0.39, 0.29) is 40.4 Å². The van der Waals surface area contributed by atoms with Gasteiger partial charge in [-0.05, 0) is 75.4 Å². The van der Waals surface area contributed by atoms with Gasteiger partial charge in [-0.2, -0.15) is 0 Å². The Morgan fingerprint density at radius 3 is 2.59 bits per heavy atom. The molecule has 4 unspecified atom stereocenters. The molecular weight excluding hydrogens is 402 g/mol. The second kappa shape index (κ2) is 8.14. The minimum atomic E-state index is -0.489. The Balaban J connectivity index is 1.60. The zero-order valence-electron chi connectivity index (χ0n) is 20.3. The summed E-state index contributed by atoms with van der Waals surface area (Å²) in [6.45, 7) is 10.7. The van der Waals surface area contributed by atoms with E-state index in [1.54, 1.807) is 12.2 Å². The van der Waals surface area contributed by atoms with Gasteiger partial charge >= 0.3 is 6.09 Å². The smallest absolute Gasteiger partial charge is 0.407 e. The van der Waals surface area contributed by atoms with Crippen LogP contribution in [0.3, 0.4) is 0 Å². The lowest BCUT2D eigenvalue weighted by atomic mass is 9.47. The van der Waals surface area contributed by atoms with Crippen LogP contribution in [-0.4, -0.2) is 29.3 Å². The molecule has 1 amide bonds. The molecule has 0 saturated heterocycles. The average molecular weight is 442 g/mol. The third kappa shape index (κ3) is 3.38. The van der Waals surface area contributed by atoms with E-state index < -0.39 is 5.60 Å². The number of Topliss-reactive ketones (excluding diaryl/α,β-unsaturated/α-hetero) is 1. The first-order valence-corrected chi connectivity index (χ1v) is 12.6. The number of ketones is 2. The molecule has 32 heavy (non-hydrogen) atoms. The molecule has 0 spiro atoms. The van der Waals surface area contributed by atoms with Crippen LogP contribution in [0, 0.1) is 28.6 Å². The molecule has 0 radical (unpaired) electrons. The lowest BCUT2D eigenvalue weighted by Gasteiger charge is -2.58. The molecule has 0 bridgehead atoms. The monoisotopic (exact) mass is 441 g/mol. The van der Waals surface area contributed by atoms with Crippen molar-refractivity contribution in [2.45, 2.75) is 97.6 Å². The van der Waals surface area contributed by atoms with Crippen LogP contribution in [0.4, 0.5) is 4.79 Å². The predicted molar refractivity (Wildman–Crippen MR) is 124 cm³/mol. The van der Waals surface area contributed by atoms with E-state index in [9.17, 15) is 14.4 Å². The minimum absolute atomic E-state index is 0.0764. The molecule has 3 saturated carbocycles. The van der Waals surface area contributed by atoms with Gasteiger partial charge in [0.25, 0.3) is 0 Å². The number of rotatable bonds is 5. The van der Waals surface area contributed by atoms with Gasteiger partial charge in [-0.1, -0.05) is 40.2 Å². The van der Waals surface area contributed by atoms with Crippen molar-refractivity contribution in [3.8, 4) is 0 Å². The van der Waals surface area contributed by atoms with Crippen molar-refractivity contribution in [2.75, 3.05) is 0 Å². The molecule has 176 valence electrons. The maximum atomic E-state index is 13.2. The Labute approximate surface area is 192 Å². The van der Waals surface area contributed by atoms with Gasteiger partial charge in [0.15, 0.2) is 11.6 Å². The first kappa shape index (κ1) is 23.3. The van der Waals surface area contributed by atoms with Crippen LogP contribution in [0.25, 0.3) is 0 Å². The third-order valence-electron chi connectivity index (χ3n) is 9.62. The van der Waals surface area contributed by atoms with Crippen molar-refractivity contribution < 1.29 is 19.1 Å². The molecule has 7 atom stereocenters. The maximum absolute atomic E-state index is 13.2. The standard InChI is InChI=1S/C27H39NO4/c1-6-8-17(3)28-24(31)32-27(7-2)14-11-21-19-16-23(30)22-15-18(29)9-12-25(22,4)20(19)10-13-26(21,27)5/h9,12,15,17,19-21H,6-8,10-11,13-14,16H2,1-5H3,(H,28,31)/t17?,19?,20?,21?,25-,26+,27+/m1/s1. The Hall–Kier alpha value is -1.91. The Morgan fingerprint density at radius 1 is 1.19 bits per heavy atom. The van der Waals surface area contributed by atoms with Gasteiger partial charge in [0, 0.05) is 28.9 Å². The number of ether oxygens (including phenoxy) is 1. The molecule has 5 nitrogen and oxygen atoms in total. The average Bonchev–Trinajstić information content (AvgIpc) is 3.02. The zero-order chi connectivity index (χ0) is 23.3. The van der Waals surface area contributed by atoms with E-state index in [1.165, 1.54) is 0 Å². The van der Waals surface area contributed by atoms with E-state index in [0.717, 1.165) is 44.9 Å². The van der Waals surface area contributed by atoms with Crippen LogP contribution in [0.5, 0.6) is 0 Å². The van der Waals surface area contributed by atoms with Crippen LogP contribution in [0.15, 0.2) is 23.8 Å². The van der Waals surface area contributed by atoms with E-state index in [1.807, 2.05) is 13.0 Å². The molecule has 0 aromatic carbocycles. The third-order valence-corrected chi connectivity index (χ3v) is 9.62. The highest BCUT2D eigenvalue weighted by Gasteiger charge is 2.66. The number of allylic oxidation sites excluding steroid dienone is 4. The first-order valence-electron chi connectivity index (χ1n) is 12.6. The molecule has 4 rings (SSSR count). The molecular formula is C27H39NO4. The van der Waals surface area contributed by atoms with Crippen molar-refractivity contribution in [3.63, 3.8) is 0 Å². The summed E-state index contributed by atoms with van der Waals surface area (Å²) in [7, 11) is 0. The fraction of sp³-hybridized carbons (Fsp3) is 0.741. The van der Waals surface area contributed by atoms with Gasteiger partial charge in [0.2, 0.25) is 0 Å². The van der Waals surface area contributed by atoms with E-state index >= 15 is 0 Å². The second-order valence-corrected chi connectivity index (χ2v) is 11.1. The number of nitrogens with one attached hydrogen (secondary N) is 1. The van der Waals surface area contributed by atoms with Crippen molar-refractivity contribution in [3.05, 3.63) is 23.8 Å². The quantitative estimate of drug-likeness (QED) is 0.608. The predicted octanol–water partition coefficient (Wildman–Crippen LogP) is 5.54. The van der Waals surface area contributed by atoms with Crippen LogP contribution in [0.2, 0.25) is 0 Å². The number of carbonyl (C=O) groups excluding carboxylic acids is 3.